The summed E-state index contributed by atoms with van der Waals surface area (Å²) in [4.78, 5) is 37.6. The van der Waals surface area contributed by atoms with E-state index >= 15 is 0 Å². The van der Waals surface area contributed by atoms with Crippen molar-refractivity contribution in [3.8, 4) is 0 Å². The van der Waals surface area contributed by atoms with E-state index in [0.29, 0.717) is 23.1 Å². The lowest BCUT2D eigenvalue weighted by Gasteiger charge is -2.09. The van der Waals surface area contributed by atoms with E-state index in [0.717, 1.165) is 10.0 Å². The van der Waals surface area contributed by atoms with Crippen molar-refractivity contribution in [3.05, 3.63) is 105 Å². The summed E-state index contributed by atoms with van der Waals surface area (Å²) in [6, 6.07) is 21.0. The van der Waals surface area contributed by atoms with Gasteiger partial charge in [-0.2, -0.15) is 0 Å². The van der Waals surface area contributed by atoms with Crippen LogP contribution in [0.4, 0.5) is 0 Å². The van der Waals surface area contributed by atoms with Gasteiger partial charge in [-0.15, -0.1) is 0 Å². The molecule has 0 aliphatic carbocycles. The molecule has 4 nitrogen and oxygen atoms in total. The van der Waals surface area contributed by atoms with Gasteiger partial charge in [-0.1, -0.05) is 76.1 Å². The first-order valence-electron chi connectivity index (χ1n) is 9.62. The van der Waals surface area contributed by atoms with E-state index < -0.39 is 5.97 Å². The van der Waals surface area contributed by atoms with Crippen LogP contribution in [0.2, 0.25) is 0 Å². The Bertz CT molecular complexity index is 1050. The zero-order chi connectivity index (χ0) is 21.5. The molecule has 0 saturated carbocycles. The molecule has 152 valence electrons. The van der Waals surface area contributed by atoms with Crippen molar-refractivity contribution in [2.24, 2.45) is 0 Å². The highest BCUT2D eigenvalue weighted by atomic mass is 79.9. The van der Waals surface area contributed by atoms with E-state index in [1.807, 2.05) is 31.2 Å². The minimum Gasteiger partial charge on any atom is -0.462 e. The maximum absolute atomic E-state index is 12.8. The number of esters is 1. The SMILES string of the molecule is Cc1ccc(C(=O)c2ccccc2C(=O)OCCCC(=O)c2ccc(Br)cc2)cc1. The number of benzene rings is 3. The Hall–Kier alpha value is -3.05. The minimum absolute atomic E-state index is 0.00602. The third kappa shape index (κ3) is 5.51. The maximum atomic E-state index is 12.8. The van der Waals surface area contributed by atoms with Crippen LogP contribution in [0.1, 0.15) is 55.0 Å². The molecular weight excluding hydrogens is 444 g/mol. The van der Waals surface area contributed by atoms with Gasteiger partial charge in [-0.05, 0) is 31.5 Å². The highest BCUT2D eigenvalue weighted by Gasteiger charge is 2.19. The largest absolute Gasteiger partial charge is 0.462 e. The van der Waals surface area contributed by atoms with Gasteiger partial charge >= 0.3 is 5.97 Å². The number of rotatable bonds is 8. The van der Waals surface area contributed by atoms with Crippen molar-refractivity contribution in [2.45, 2.75) is 19.8 Å². The summed E-state index contributed by atoms with van der Waals surface area (Å²) in [6.07, 6.45) is 0.688. The van der Waals surface area contributed by atoms with Crippen LogP contribution in [0, 0.1) is 6.92 Å². The smallest absolute Gasteiger partial charge is 0.338 e. The third-order valence-corrected chi connectivity index (χ3v) is 5.18. The second-order valence-electron chi connectivity index (χ2n) is 6.91. The van der Waals surface area contributed by atoms with Crippen molar-refractivity contribution in [1.29, 1.82) is 0 Å². The number of aryl methyl sites for hydroxylation is 1. The van der Waals surface area contributed by atoms with Gasteiger partial charge < -0.3 is 4.74 Å². The zero-order valence-corrected chi connectivity index (χ0v) is 18.1. The fourth-order valence-corrected chi connectivity index (χ4v) is 3.24. The number of carbonyl (C=O) groups excluding carboxylic acids is 3. The normalized spacial score (nSPS) is 10.5. The molecule has 0 saturated heterocycles. The summed E-state index contributed by atoms with van der Waals surface area (Å²) in [6.45, 7) is 2.05. The molecule has 3 aromatic rings. The second-order valence-corrected chi connectivity index (χ2v) is 7.83. The van der Waals surface area contributed by atoms with Crippen LogP contribution in [0.15, 0.2) is 77.3 Å². The third-order valence-electron chi connectivity index (χ3n) is 4.65. The van der Waals surface area contributed by atoms with E-state index in [2.05, 4.69) is 15.9 Å². The van der Waals surface area contributed by atoms with Gasteiger partial charge in [0.25, 0.3) is 0 Å². The molecule has 0 spiro atoms. The first kappa shape index (κ1) is 21.7. The first-order valence-corrected chi connectivity index (χ1v) is 10.4. The molecule has 0 aliphatic heterocycles. The topological polar surface area (TPSA) is 60.4 Å². The Kier molecular flexibility index (Phi) is 7.31. The summed E-state index contributed by atoms with van der Waals surface area (Å²) in [7, 11) is 0. The van der Waals surface area contributed by atoms with Gasteiger partial charge in [-0.3, -0.25) is 9.59 Å². The van der Waals surface area contributed by atoms with Crippen LogP contribution < -0.4 is 0 Å². The molecular formula is C25H21BrO4. The first-order chi connectivity index (χ1) is 14.5. The van der Waals surface area contributed by atoms with Gasteiger partial charge in [-0.25, -0.2) is 4.79 Å². The molecule has 0 aromatic heterocycles. The maximum Gasteiger partial charge on any atom is 0.338 e. The fraction of sp³-hybridized carbons (Fsp3) is 0.160. The standard InChI is InChI=1S/C25H21BrO4/c1-17-8-10-19(11-9-17)24(28)21-5-2-3-6-22(21)25(29)30-16-4-7-23(27)18-12-14-20(26)15-13-18/h2-3,5-6,8-15H,4,7,16H2,1H3. The minimum atomic E-state index is -0.567. The van der Waals surface area contributed by atoms with Crippen LogP contribution in [0.3, 0.4) is 0 Å². The highest BCUT2D eigenvalue weighted by Crippen LogP contribution is 2.17. The lowest BCUT2D eigenvalue weighted by atomic mass is 9.98. The van der Waals surface area contributed by atoms with Crippen molar-refractivity contribution < 1.29 is 19.1 Å². The fourth-order valence-electron chi connectivity index (χ4n) is 2.98. The molecule has 5 heteroatoms. The van der Waals surface area contributed by atoms with Crippen LogP contribution in [0.5, 0.6) is 0 Å². The molecule has 0 fully saturated rings. The number of ether oxygens (including phenoxy) is 1. The van der Waals surface area contributed by atoms with Gasteiger partial charge in [0.1, 0.15) is 0 Å². The Balaban J connectivity index is 1.59. The molecule has 30 heavy (non-hydrogen) atoms. The monoisotopic (exact) mass is 464 g/mol. The number of carbonyl (C=O) groups is 3. The lowest BCUT2D eigenvalue weighted by Crippen LogP contribution is -2.13. The quantitative estimate of drug-likeness (QED) is 0.239. The van der Waals surface area contributed by atoms with Gasteiger partial charge in [0.2, 0.25) is 0 Å². The summed E-state index contributed by atoms with van der Waals surface area (Å²) in [5.74, 6) is -0.802. The number of ketones is 2. The average molecular weight is 465 g/mol. The molecule has 0 N–H and O–H groups in total. The van der Waals surface area contributed by atoms with Crippen LogP contribution in [0.25, 0.3) is 0 Å². The molecule has 0 bridgehead atoms. The Morgan fingerprint density at radius 3 is 2.07 bits per heavy atom. The van der Waals surface area contributed by atoms with Gasteiger partial charge in [0, 0.05) is 27.6 Å². The summed E-state index contributed by atoms with van der Waals surface area (Å²) < 4.78 is 6.24. The number of hydrogen-bond donors (Lipinski definition) is 0. The molecule has 0 heterocycles. The van der Waals surface area contributed by atoms with Crippen LogP contribution in [-0.4, -0.2) is 24.1 Å². The highest BCUT2D eigenvalue weighted by molar-refractivity contribution is 9.10. The van der Waals surface area contributed by atoms with Gasteiger partial charge in [0.15, 0.2) is 11.6 Å². The Morgan fingerprint density at radius 1 is 0.800 bits per heavy atom. The van der Waals surface area contributed by atoms with Crippen LogP contribution in [-0.2, 0) is 4.74 Å². The van der Waals surface area contributed by atoms with E-state index in [1.54, 1.807) is 48.5 Å². The molecule has 3 rings (SSSR count). The van der Waals surface area contributed by atoms with Crippen molar-refractivity contribution in [1.82, 2.24) is 0 Å². The van der Waals surface area contributed by atoms with Crippen molar-refractivity contribution in [2.75, 3.05) is 6.61 Å². The molecule has 0 aliphatic rings. The number of Topliss-reactive ketones (excluding diaryl/α,β-unsaturated/α-hetero) is 1. The van der Waals surface area contributed by atoms with E-state index in [1.165, 1.54) is 0 Å². The van der Waals surface area contributed by atoms with Crippen molar-refractivity contribution in [3.63, 3.8) is 0 Å². The molecule has 0 amide bonds. The lowest BCUT2D eigenvalue weighted by molar-refractivity contribution is 0.0491. The van der Waals surface area contributed by atoms with E-state index in [4.69, 9.17) is 4.74 Å². The average Bonchev–Trinajstić information content (AvgIpc) is 2.77. The molecule has 0 unspecified atom stereocenters. The van der Waals surface area contributed by atoms with Gasteiger partial charge in [0.05, 0.1) is 12.2 Å². The zero-order valence-electron chi connectivity index (χ0n) is 16.6. The number of halogens is 1. The molecule has 0 radical (unpaired) electrons. The summed E-state index contributed by atoms with van der Waals surface area (Å²) in [5, 5.41) is 0. The van der Waals surface area contributed by atoms with E-state index in [-0.39, 0.29) is 30.2 Å². The molecule has 3 aromatic carbocycles. The number of hydrogen-bond acceptors (Lipinski definition) is 4. The predicted molar refractivity (Wildman–Crippen MR) is 119 cm³/mol. The summed E-state index contributed by atoms with van der Waals surface area (Å²) in [5.41, 5.74) is 2.72. The predicted octanol–water partition coefficient (Wildman–Crippen LogP) is 5.81. The Morgan fingerprint density at radius 2 is 1.40 bits per heavy atom. The molecule has 0 atom stereocenters. The second kappa shape index (κ2) is 10.1. The van der Waals surface area contributed by atoms with E-state index in [9.17, 15) is 14.4 Å². The van der Waals surface area contributed by atoms with Crippen molar-refractivity contribution >= 4 is 33.5 Å². The Labute approximate surface area is 184 Å². The summed E-state index contributed by atoms with van der Waals surface area (Å²) >= 11 is 3.34. The van der Waals surface area contributed by atoms with Crippen LogP contribution >= 0.6 is 15.9 Å².